The number of aliphatic hydroxyl groups is 1. The lowest BCUT2D eigenvalue weighted by Crippen LogP contribution is -2.41. The van der Waals surface area contributed by atoms with Crippen LogP contribution in [0.3, 0.4) is 0 Å². The summed E-state index contributed by atoms with van der Waals surface area (Å²) in [5.41, 5.74) is 3.70. The first-order valence-electron chi connectivity index (χ1n) is 12.9. The third kappa shape index (κ3) is 5.39. The van der Waals surface area contributed by atoms with Crippen molar-refractivity contribution in [1.29, 1.82) is 0 Å². The number of carbonyl (C=O) groups excluding carboxylic acids is 1. The van der Waals surface area contributed by atoms with Gasteiger partial charge in [-0.1, -0.05) is 18.2 Å². The van der Waals surface area contributed by atoms with Crippen LogP contribution >= 0.6 is 0 Å². The van der Waals surface area contributed by atoms with E-state index in [1.807, 2.05) is 94.3 Å². The van der Waals surface area contributed by atoms with Gasteiger partial charge in [0.15, 0.2) is 6.29 Å². The van der Waals surface area contributed by atoms with Gasteiger partial charge in [-0.2, -0.15) is 0 Å². The predicted molar refractivity (Wildman–Crippen MR) is 155 cm³/mol. The zero-order valence-electron chi connectivity index (χ0n) is 23.2. The summed E-state index contributed by atoms with van der Waals surface area (Å²) in [4.78, 5) is 19.8. The molecule has 202 valence electrons. The Morgan fingerprint density at radius 3 is 2.38 bits per heavy atom. The summed E-state index contributed by atoms with van der Waals surface area (Å²) in [5, 5.41) is 12.7. The number of amides is 1. The summed E-state index contributed by atoms with van der Waals surface area (Å²) in [6.07, 6.45) is 8.38. The van der Waals surface area contributed by atoms with Crippen molar-refractivity contribution in [2.45, 2.75) is 32.7 Å². The second-order valence-corrected chi connectivity index (χ2v) is 10.7. The molecule has 8 nitrogen and oxygen atoms in total. The van der Waals surface area contributed by atoms with Gasteiger partial charge >= 0.3 is 0 Å². The van der Waals surface area contributed by atoms with E-state index in [1.165, 1.54) is 4.90 Å². The number of ether oxygens (including phenoxy) is 2. The van der Waals surface area contributed by atoms with Crippen molar-refractivity contribution in [2.24, 2.45) is 19.1 Å². The molecule has 2 aromatic carbocycles. The quantitative estimate of drug-likeness (QED) is 0.268. The zero-order chi connectivity index (χ0) is 27.9. The van der Waals surface area contributed by atoms with Gasteiger partial charge in [0.1, 0.15) is 17.3 Å². The number of carbonyl (C=O) groups is 1. The summed E-state index contributed by atoms with van der Waals surface area (Å²) in [6.45, 7) is 5.53. The molecule has 3 heterocycles. The fourth-order valence-electron chi connectivity index (χ4n) is 4.93. The smallest absolute Gasteiger partial charge is 0.278 e. The largest absolute Gasteiger partial charge is 0.497 e. The number of β-amino-alcohol motifs (C(OH)–C–C–N with tert-alkyl or cyclic N) is 1. The normalized spacial score (nSPS) is 16.3. The van der Waals surface area contributed by atoms with E-state index >= 15 is 0 Å². The number of benzene rings is 2. The van der Waals surface area contributed by atoms with Gasteiger partial charge in [-0.25, -0.2) is 4.99 Å². The highest BCUT2D eigenvalue weighted by Crippen LogP contribution is 2.29. The highest BCUT2D eigenvalue weighted by atomic mass is 16.6. The molecule has 39 heavy (non-hydrogen) atoms. The molecule has 1 atom stereocenters. The van der Waals surface area contributed by atoms with Crippen molar-refractivity contribution in [1.82, 2.24) is 14.0 Å². The summed E-state index contributed by atoms with van der Waals surface area (Å²) in [6, 6.07) is 14.0. The molecule has 0 spiro atoms. The van der Waals surface area contributed by atoms with Crippen molar-refractivity contribution in [2.75, 3.05) is 13.7 Å². The van der Waals surface area contributed by atoms with Crippen LogP contribution in [0.25, 0.3) is 34.0 Å². The average Bonchev–Trinajstić information content (AvgIpc) is 3.48. The molecule has 0 aliphatic carbocycles. The average molecular weight is 527 g/mol. The molecule has 5 rings (SSSR count). The molecular weight excluding hydrogens is 492 g/mol. The van der Waals surface area contributed by atoms with Crippen LogP contribution in [0.15, 0.2) is 71.6 Å². The number of rotatable bonds is 7. The topological polar surface area (TPSA) is 81.2 Å². The maximum Gasteiger partial charge on any atom is 0.278 e. The van der Waals surface area contributed by atoms with Gasteiger partial charge < -0.3 is 23.7 Å². The maximum absolute atomic E-state index is 13.6. The number of aromatic nitrogens is 2. The highest BCUT2D eigenvalue weighted by Gasteiger charge is 2.32. The number of aliphatic hydroxyl groups excluding tert-OH is 1. The molecule has 2 aromatic heterocycles. The van der Waals surface area contributed by atoms with Gasteiger partial charge in [0, 0.05) is 59.4 Å². The minimum atomic E-state index is -1.17. The van der Waals surface area contributed by atoms with Crippen molar-refractivity contribution in [3.63, 3.8) is 0 Å². The second-order valence-electron chi connectivity index (χ2n) is 10.7. The summed E-state index contributed by atoms with van der Waals surface area (Å²) < 4.78 is 15.2. The Bertz CT molecular complexity index is 1650. The Kier molecular flexibility index (Phi) is 6.92. The fraction of sp³-hybridized carbons (Fsp3) is 0.290. The van der Waals surface area contributed by atoms with Gasteiger partial charge in [-0.15, -0.1) is 0 Å². The van der Waals surface area contributed by atoms with Crippen LogP contribution in [-0.4, -0.2) is 56.4 Å². The van der Waals surface area contributed by atoms with E-state index in [0.717, 1.165) is 38.7 Å². The van der Waals surface area contributed by atoms with Gasteiger partial charge in [-0.05, 0) is 63.3 Å². The summed E-state index contributed by atoms with van der Waals surface area (Å²) in [5.74, 6) is 0.870. The molecule has 0 fully saturated rings. The third-order valence-electron chi connectivity index (χ3n) is 6.66. The lowest BCUT2D eigenvalue weighted by Gasteiger charge is -2.27. The molecule has 1 aliphatic heterocycles. The zero-order valence-corrected chi connectivity index (χ0v) is 23.2. The monoisotopic (exact) mass is 526 g/mol. The standard InChI is InChI=1S/C31H34N4O4/c1-31(2,3)39-29(36)19-35-28(14-11-20-17-33(4)26-10-8-7-9-23(20)26)32-25(30(35)37)15-21-18-34(5)27-13-12-22(38-6)16-24(21)27/h7-18,29,36H,19H2,1-6H3/b14-11+,25-15-. The number of hydrogen-bond donors (Lipinski definition) is 1. The first-order valence-corrected chi connectivity index (χ1v) is 12.9. The Morgan fingerprint density at radius 1 is 0.974 bits per heavy atom. The molecular formula is C31H34N4O4. The maximum atomic E-state index is 13.6. The Hall–Kier alpha value is -4.14. The van der Waals surface area contributed by atoms with Crippen LogP contribution in [0.1, 0.15) is 31.9 Å². The van der Waals surface area contributed by atoms with E-state index in [-0.39, 0.29) is 18.1 Å². The molecule has 1 N–H and O–H groups in total. The number of fused-ring (bicyclic) bond motifs is 2. The highest BCUT2D eigenvalue weighted by molar-refractivity contribution is 6.19. The number of nitrogens with zero attached hydrogens (tertiary/aromatic N) is 4. The van der Waals surface area contributed by atoms with E-state index in [1.54, 1.807) is 13.2 Å². The van der Waals surface area contributed by atoms with Gasteiger partial charge in [0.05, 0.1) is 19.3 Å². The van der Waals surface area contributed by atoms with Crippen molar-refractivity contribution in [3.05, 3.63) is 77.8 Å². The fourth-order valence-corrected chi connectivity index (χ4v) is 4.93. The van der Waals surface area contributed by atoms with Crippen LogP contribution in [0.5, 0.6) is 5.75 Å². The van der Waals surface area contributed by atoms with Crippen LogP contribution in [0, 0.1) is 0 Å². The molecule has 0 bridgehead atoms. The van der Waals surface area contributed by atoms with E-state index in [0.29, 0.717) is 5.84 Å². The molecule has 1 aliphatic rings. The van der Waals surface area contributed by atoms with Crippen LogP contribution in [0.2, 0.25) is 0 Å². The van der Waals surface area contributed by atoms with E-state index in [9.17, 15) is 9.90 Å². The molecule has 1 unspecified atom stereocenters. The number of aryl methyl sites for hydroxylation is 2. The van der Waals surface area contributed by atoms with Crippen molar-refractivity contribution < 1.29 is 19.4 Å². The van der Waals surface area contributed by atoms with Crippen LogP contribution in [-0.2, 0) is 23.6 Å². The number of hydrogen-bond acceptors (Lipinski definition) is 5. The number of amidine groups is 1. The molecule has 1 amide bonds. The Morgan fingerprint density at radius 2 is 1.67 bits per heavy atom. The van der Waals surface area contributed by atoms with E-state index in [2.05, 4.69) is 16.7 Å². The van der Waals surface area contributed by atoms with Crippen LogP contribution < -0.4 is 4.74 Å². The van der Waals surface area contributed by atoms with E-state index < -0.39 is 11.9 Å². The number of methoxy groups -OCH3 is 1. The summed E-state index contributed by atoms with van der Waals surface area (Å²) >= 11 is 0. The van der Waals surface area contributed by atoms with Gasteiger partial charge in [0.25, 0.3) is 5.91 Å². The molecule has 0 saturated carbocycles. The molecule has 0 radical (unpaired) electrons. The number of para-hydroxylation sites is 1. The first-order chi connectivity index (χ1) is 18.5. The SMILES string of the molecule is COc1ccc2c(c1)c(/C=C1N=C(/C=C/c3cn(C)c4ccccc34)N(CC(O)OC(C)(C)C)C\1=O)cn2C. The second kappa shape index (κ2) is 10.2. The van der Waals surface area contributed by atoms with Crippen molar-refractivity contribution in [3.8, 4) is 5.75 Å². The first kappa shape index (κ1) is 26.5. The lowest BCUT2D eigenvalue weighted by molar-refractivity contribution is -0.171. The van der Waals surface area contributed by atoms with Crippen LogP contribution in [0.4, 0.5) is 0 Å². The molecule has 8 heteroatoms. The molecule has 4 aromatic rings. The van der Waals surface area contributed by atoms with Gasteiger partial charge in [-0.3, -0.25) is 9.69 Å². The van der Waals surface area contributed by atoms with E-state index in [4.69, 9.17) is 14.5 Å². The minimum Gasteiger partial charge on any atom is -0.497 e. The van der Waals surface area contributed by atoms with Gasteiger partial charge in [0.2, 0.25) is 0 Å². The lowest BCUT2D eigenvalue weighted by atomic mass is 10.1. The summed E-state index contributed by atoms with van der Waals surface area (Å²) in [7, 11) is 5.59. The minimum absolute atomic E-state index is 0.0461. The third-order valence-corrected chi connectivity index (χ3v) is 6.66. The predicted octanol–water partition coefficient (Wildman–Crippen LogP) is 5.11. The Balaban J connectivity index is 1.54. The number of aliphatic imine (C=N–C) groups is 1. The molecule has 0 saturated heterocycles. The Labute approximate surface area is 228 Å². The van der Waals surface area contributed by atoms with Crippen molar-refractivity contribution >= 4 is 45.7 Å².